The smallest absolute Gasteiger partial charge is 0.292 e. The van der Waals surface area contributed by atoms with Crippen molar-refractivity contribution in [1.29, 1.82) is 0 Å². The van der Waals surface area contributed by atoms with Gasteiger partial charge in [-0.1, -0.05) is 0 Å². The number of alkyl halides is 4. The van der Waals surface area contributed by atoms with E-state index in [4.69, 9.17) is 11.6 Å². The zero-order valence-corrected chi connectivity index (χ0v) is 11.9. The molecule has 0 bridgehead atoms. The maximum atomic E-state index is 12.4. The van der Waals surface area contributed by atoms with E-state index in [2.05, 4.69) is 4.98 Å². The van der Waals surface area contributed by atoms with E-state index in [1.165, 1.54) is 16.2 Å². The van der Waals surface area contributed by atoms with Crippen LogP contribution in [0, 0.1) is 0 Å². The van der Waals surface area contributed by atoms with Gasteiger partial charge in [0.25, 0.3) is 0 Å². The summed E-state index contributed by atoms with van der Waals surface area (Å²) in [5.74, 6) is 0.340. The molecule has 0 aliphatic carbocycles. The van der Waals surface area contributed by atoms with E-state index in [0.29, 0.717) is 18.8 Å². The van der Waals surface area contributed by atoms with E-state index in [0.717, 1.165) is 10.7 Å². The largest absolute Gasteiger partial charge is 0.401 e. The molecule has 0 N–H and O–H groups in total. The Kier molecular flexibility index (Phi) is 5.88. The number of thiazole rings is 1. The summed E-state index contributed by atoms with van der Waals surface area (Å²) in [5.41, 5.74) is 0.781. The molecule has 1 aromatic rings. The van der Waals surface area contributed by atoms with Crippen LogP contribution in [-0.4, -0.2) is 35.2 Å². The van der Waals surface area contributed by atoms with E-state index >= 15 is 0 Å². The molecule has 18 heavy (non-hydrogen) atoms. The quantitative estimate of drug-likeness (QED) is 0.745. The molecule has 0 unspecified atom stereocenters. The maximum absolute atomic E-state index is 12.4. The monoisotopic (exact) mass is 300 g/mol. The molecule has 0 atom stereocenters. The van der Waals surface area contributed by atoms with Crippen LogP contribution in [0.4, 0.5) is 13.2 Å². The lowest BCUT2D eigenvalue weighted by molar-refractivity contribution is -0.149. The summed E-state index contributed by atoms with van der Waals surface area (Å²) in [6.07, 6.45) is -3.63. The van der Waals surface area contributed by atoms with E-state index in [-0.39, 0.29) is 6.04 Å². The van der Waals surface area contributed by atoms with Crippen LogP contribution >= 0.6 is 22.9 Å². The third-order valence-corrected chi connectivity index (χ3v) is 3.69. The van der Waals surface area contributed by atoms with Gasteiger partial charge in [-0.25, -0.2) is 4.98 Å². The van der Waals surface area contributed by atoms with E-state index in [1.807, 2.05) is 5.38 Å². The van der Waals surface area contributed by atoms with Crippen LogP contribution in [0.2, 0.25) is 0 Å². The zero-order valence-electron chi connectivity index (χ0n) is 10.3. The summed E-state index contributed by atoms with van der Waals surface area (Å²) < 4.78 is 37.1. The highest BCUT2D eigenvalue weighted by Gasteiger charge is 2.31. The topological polar surface area (TPSA) is 16.1 Å². The maximum Gasteiger partial charge on any atom is 0.401 e. The van der Waals surface area contributed by atoms with Gasteiger partial charge in [-0.2, -0.15) is 13.2 Å². The summed E-state index contributed by atoms with van der Waals surface area (Å²) in [4.78, 5) is 5.64. The molecule has 0 spiro atoms. The third kappa shape index (κ3) is 5.54. The minimum atomic E-state index is -4.16. The minimum Gasteiger partial charge on any atom is -0.292 e. The Hall–Kier alpha value is -0.330. The highest BCUT2D eigenvalue weighted by Crippen LogP contribution is 2.19. The van der Waals surface area contributed by atoms with Gasteiger partial charge in [0.15, 0.2) is 0 Å². The van der Waals surface area contributed by atoms with E-state index in [1.54, 1.807) is 13.8 Å². The van der Waals surface area contributed by atoms with Gasteiger partial charge in [0.05, 0.1) is 23.1 Å². The lowest BCUT2D eigenvalue weighted by atomic mass is 10.3. The van der Waals surface area contributed by atoms with Crippen LogP contribution in [-0.2, 0) is 12.3 Å². The van der Waals surface area contributed by atoms with Crippen LogP contribution < -0.4 is 0 Å². The Morgan fingerprint density at radius 2 is 2.11 bits per heavy atom. The van der Waals surface area contributed by atoms with Crippen LogP contribution in [0.25, 0.3) is 0 Å². The molecule has 0 amide bonds. The van der Waals surface area contributed by atoms with Crippen molar-refractivity contribution >= 4 is 22.9 Å². The summed E-state index contributed by atoms with van der Waals surface area (Å²) in [7, 11) is 0. The third-order valence-electron chi connectivity index (χ3n) is 2.46. The van der Waals surface area contributed by atoms with Crippen molar-refractivity contribution in [3.63, 3.8) is 0 Å². The molecule has 0 fully saturated rings. The van der Waals surface area contributed by atoms with Gasteiger partial charge in [-0.3, -0.25) is 4.90 Å². The van der Waals surface area contributed by atoms with Gasteiger partial charge in [0.1, 0.15) is 0 Å². The van der Waals surface area contributed by atoms with Gasteiger partial charge in [0, 0.05) is 24.4 Å². The summed E-state index contributed by atoms with van der Waals surface area (Å²) in [6.45, 7) is 3.00. The minimum absolute atomic E-state index is 0.140. The molecule has 0 saturated carbocycles. The molecule has 7 heteroatoms. The molecule has 0 aromatic carbocycles. The van der Waals surface area contributed by atoms with E-state index in [9.17, 15) is 13.2 Å². The van der Waals surface area contributed by atoms with Crippen molar-refractivity contribution < 1.29 is 13.2 Å². The number of hydrogen-bond donors (Lipinski definition) is 0. The van der Waals surface area contributed by atoms with Crippen molar-refractivity contribution in [1.82, 2.24) is 9.88 Å². The number of aromatic nitrogens is 1. The summed E-state index contributed by atoms with van der Waals surface area (Å²) in [5, 5.41) is 2.67. The second-order valence-electron chi connectivity index (χ2n) is 4.30. The van der Waals surface area contributed by atoms with Crippen molar-refractivity contribution in [3.05, 3.63) is 16.1 Å². The molecule has 2 nitrogen and oxygen atoms in total. The van der Waals surface area contributed by atoms with Gasteiger partial charge >= 0.3 is 6.18 Å². The first kappa shape index (κ1) is 15.7. The van der Waals surface area contributed by atoms with Crippen LogP contribution in [0.15, 0.2) is 5.38 Å². The fourth-order valence-corrected chi connectivity index (χ4v) is 2.53. The zero-order chi connectivity index (χ0) is 13.8. The molecule has 0 aliphatic heterocycles. The molecule has 104 valence electrons. The number of halogens is 4. The Morgan fingerprint density at radius 1 is 1.44 bits per heavy atom. The Labute approximate surface area is 114 Å². The fraction of sp³-hybridized carbons (Fsp3) is 0.727. The van der Waals surface area contributed by atoms with Gasteiger partial charge in [0.2, 0.25) is 0 Å². The Bertz CT molecular complexity index is 365. The normalized spacial score (nSPS) is 12.7. The fourth-order valence-electron chi connectivity index (χ4n) is 1.51. The molecule has 1 heterocycles. The average molecular weight is 301 g/mol. The lowest BCUT2D eigenvalue weighted by Gasteiger charge is -2.26. The molecule has 0 aliphatic rings. The first-order chi connectivity index (χ1) is 8.31. The molecule has 1 rings (SSSR count). The second-order valence-corrected chi connectivity index (χ2v) is 5.51. The molecule has 1 aromatic heterocycles. The second kappa shape index (κ2) is 6.73. The molecular formula is C11H16ClF3N2S. The molecule has 0 saturated heterocycles. The number of nitrogens with zero attached hydrogens (tertiary/aromatic N) is 2. The first-order valence-electron chi connectivity index (χ1n) is 5.62. The highest BCUT2D eigenvalue weighted by molar-refractivity contribution is 7.09. The van der Waals surface area contributed by atoms with Crippen molar-refractivity contribution in [2.24, 2.45) is 0 Å². The predicted octanol–water partition coefficient (Wildman–Crippen LogP) is 3.70. The molecule has 0 radical (unpaired) electrons. The standard InChI is InChI=1S/C11H16ClF3N2S/c1-8(2)17(7-11(13,14)15)4-3-10-16-9(5-12)6-18-10/h6,8H,3-5,7H2,1-2H3. The SMILES string of the molecule is CC(C)N(CCc1nc(CCl)cs1)CC(F)(F)F. The van der Waals surface area contributed by atoms with Gasteiger partial charge < -0.3 is 0 Å². The van der Waals surface area contributed by atoms with Crippen LogP contribution in [0.1, 0.15) is 24.5 Å². The van der Waals surface area contributed by atoms with E-state index < -0.39 is 12.7 Å². The summed E-state index contributed by atoms with van der Waals surface area (Å²) >= 11 is 7.07. The van der Waals surface area contributed by atoms with Gasteiger partial charge in [-0.05, 0) is 13.8 Å². The van der Waals surface area contributed by atoms with Crippen molar-refractivity contribution in [3.8, 4) is 0 Å². The lowest BCUT2D eigenvalue weighted by Crippen LogP contribution is -2.40. The highest BCUT2D eigenvalue weighted by atomic mass is 35.5. The summed E-state index contributed by atoms with van der Waals surface area (Å²) in [6, 6.07) is -0.140. The Morgan fingerprint density at radius 3 is 2.56 bits per heavy atom. The molecular weight excluding hydrogens is 285 g/mol. The predicted molar refractivity (Wildman–Crippen MR) is 68.1 cm³/mol. The van der Waals surface area contributed by atoms with Crippen molar-refractivity contribution in [2.75, 3.05) is 13.1 Å². The van der Waals surface area contributed by atoms with Crippen molar-refractivity contribution in [2.45, 2.75) is 38.4 Å². The Balaban J connectivity index is 2.51. The van der Waals surface area contributed by atoms with Crippen LogP contribution in [0.5, 0.6) is 0 Å². The van der Waals surface area contributed by atoms with Crippen LogP contribution in [0.3, 0.4) is 0 Å². The number of hydrogen-bond acceptors (Lipinski definition) is 3. The number of rotatable bonds is 6. The van der Waals surface area contributed by atoms with Gasteiger partial charge in [-0.15, -0.1) is 22.9 Å². The average Bonchev–Trinajstić information content (AvgIpc) is 2.70. The first-order valence-corrected chi connectivity index (χ1v) is 7.03.